The number of rotatable bonds is 2. The fraction of sp³-hybridized carbons (Fsp3) is 0.538. The second kappa shape index (κ2) is 4.80. The first kappa shape index (κ1) is 13.2. The molecular formula is C13H17F3N2. The van der Waals surface area contributed by atoms with Crippen LogP contribution in [0.5, 0.6) is 0 Å². The minimum atomic E-state index is -4.16. The van der Waals surface area contributed by atoms with E-state index in [-0.39, 0.29) is 6.04 Å². The first-order chi connectivity index (χ1) is 8.37. The van der Waals surface area contributed by atoms with Crippen LogP contribution in [0.2, 0.25) is 0 Å². The first-order valence-electron chi connectivity index (χ1n) is 6.07. The lowest BCUT2D eigenvalue weighted by Crippen LogP contribution is -2.37. The highest BCUT2D eigenvalue weighted by Crippen LogP contribution is 2.31. The molecule has 1 heterocycles. The Morgan fingerprint density at radius 3 is 2.72 bits per heavy atom. The number of halogens is 3. The maximum Gasteiger partial charge on any atom is 0.405 e. The molecule has 0 aromatic heterocycles. The van der Waals surface area contributed by atoms with E-state index in [1.54, 1.807) is 6.07 Å². The number of anilines is 1. The number of nitrogens with zero attached hydrogens (tertiary/aromatic N) is 1. The summed E-state index contributed by atoms with van der Waals surface area (Å²) in [6.45, 7) is 1.46. The van der Waals surface area contributed by atoms with Gasteiger partial charge in [-0.1, -0.05) is 12.1 Å². The van der Waals surface area contributed by atoms with Crippen LogP contribution in [0.3, 0.4) is 0 Å². The van der Waals surface area contributed by atoms with Gasteiger partial charge in [-0.2, -0.15) is 13.2 Å². The number of nitrogens with two attached hydrogens (primary N) is 1. The van der Waals surface area contributed by atoms with Crippen LogP contribution in [0.25, 0.3) is 0 Å². The molecule has 0 bridgehead atoms. The van der Waals surface area contributed by atoms with Gasteiger partial charge in [-0.05, 0) is 37.0 Å². The van der Waals surface area contributed by atoms with Crippen molar-refractivity contribution in [2.24, 2.45) is 5.73 Å². The highest BCUT2D eigenvalue weighted by molar-refractivity contribution is 5.57. The Morgan fingerprint density at radius 1 is 1.39 bits per heavy atom. The monoisotopic (exact) mass is 258 g/mol. The third-order valence-electron chi connectivity index (χ3n) is 3.21. The molecule has 0 radical (unpaired) electrons. The van der Waals surface area contributed by atoms with Crippen LogP contribution >= 0.6 is 0 Å². The molecule has 5 heteroatoms. The van der Waals surface area contributed by atoms with Gasteiger partial charge in [0.05, 0.1) is 0 Å². The quantitative estimate of drug-likeness (QED) is 0.883. The maximum atomic E-state index is 12.5. The minimum Gasteiger partial charge on any atom is -0.362 e. The minimum absolute atomic E-state index is 0.0895. The van der Waals surface area contributed by atoms with E-state index in [1.165, 1.54) is 4.90 Å². The van der Waals surface area contributed by atoms with Crippen molar-refractivity contribution in [2.45, 2.75) is 32.0 Å². The molecule has 2 N–H and O–H groups in total. The van der Waals surface area contributed by atoms with Gasteiger partial charge in [0.15, 0.2) is 0 Å². The Morgan fingerprint density at radius 2 is 2.11 bits per heavy atom. The van der Waals surface area contributed by atoms with Crippen LogP contribution in [0.1, 0.15) is 30.5 Å². The summed E-state index contributed by atoms with van der Waals surface area (Å²) < 4.78 is 37.4. The molecule has 1 aromatic rings. The Hall–Kier alpha value is -1.23. The van der Waals surface area contributed by atoms with Crippen LogP contribution in [0.15, 0.2) is 18.2 Å². The summed E-state index contributed by atoms with van der Waals surface area (Å²) in [7, 11) is 0. The molecule has 0 saturated carbocycles. The first-order valence-corrected chi connectivity index (χ1v) is 6.07. The fourth-order valence-corrected chi connectivity index (χ4v) is 2.36. The standard InChI is InChI=1S/C13H17F3N2/c1-9(17)10-4-5-12-11(7-10)3-2-6-18(12)8-13(14,15)16/h4-5,7,9H,2-3,6,8,17H2,1H3. The summed E-state index contributed by atoms with van der Waals surface area (Å²) in [4.78, 5) is 1.41. The van der Waals surface area contributed by atoms with Gasteiger partial charge in [0.25, 0.3) is 0 Å². The summed E-state index contributed by atoms with van der Waals surface area (Å²) in [6.07, 6.45) is -2.58. The lowest BCUT2D eigenvalue weighted by atomic mass is 9.97. The molecule has 1 unspecified atom stereocenters. The van der Waals surface area contributed by atoms with Gasteiger partial charge in [-0.3, -0.25) is 0 Å². The van der Waals surface area contributed by atoms with E-state index in [2.05, 4.69) is 0 Å². The molecule has 100 valence electrons. The van der Waals surface area contributed by atoms with Crippen LogP contribution in [0.4, 0.5) is 18.9 Å². The lowest BCUT2D eigenvalue weighted by molar-refractivity contribution is -0.119. The lowest BCUT2D eigenvalue weighted by Gasteiger charge is -2.32. The molecule has 2 rings (SSSR count). The Bertz CT molecular complexity index is 427. The van der Waals surface area contributed by atoms with E-state index in [9.17, 15) is 13.2 Å². The summed E-state index contributed by atoms with van der Waals surface area (Å²) in [5.41, 5.74) is 8.43. The number of hydrogen-bond donors (Lipinski definition) is 1. The summed E-state index contributed by atoms with van der Waals surface area (Å²) >= 11 is 0. The highest BCUT2D eigenvalue weighted by atomic mass is 19.4. The second-order valence-electron chi connectivity index (χ2n) is 4.82. The Labute approximate surface area is 105 Å². The molecule has 1 aliphatic rings. The van der Waals surface area contributed by atoms with Crippen LogP contribution < -0.4 is 10.6 Å². The zero-order valence-electron chi connectivity index (χ0n) is 10.3. The SMILES string of the molecule is CC(N)c1ccc2c(c1)CCCN2CC(F)(F)F. The number of fused-ring (bicyclic) bond motifs is 1. The second-order valence-corrected chi connectivity index (χ2v) is 4.82. The highest BCUT2D eigenvalue weighted by Gasteiger charge is 2.32. The molecule has 0 aliphatic carbocycles. The third-order valence-corrected chi connectivity index (χ3v) is 3.21. The molecule has 0 amide bonds. The van der Waals surface area contributed by atoms with Crippen LogP contribution in [-0.4, -0.2) is 19.3 Å². The van der Waals surface area contributed by atoms with Gasteiger partial charge < -0.3 is 10.6 Å². The number of hydrogen-bond acceptors (Lipinski definition) is 2. The van der Waals surface area contributed by atoms with Crippen LogP contribution in [0, 0.1) is 0 Å². The van der Waals surface area contributed by atoms with E-state index in [0.717, 1.165) is 24.0 Å². The van der Waals surface area contributed by atoms with Gasteiger partial charge in [0.2, 0.25) is 0 Å². The molecular weight excluding hydrogens is 241 g/mol. The summed E-state index contributed by atoms with van der Waals surface area (Å²) in [6, 6.07) is 5.42. The molecule has 2 nitrogen and oxygen atoms in total. The maximum absolute atomic E-state index is 12.5. The van der Waals surface area contributed by atoms with Crippen molar-refractivity contribution in [3.8, 4) is 0 Å². The van der Waals surface area contributed by atoms with Crippen molar-refractivity contribution in [3.63, 3.8) is 0 Å². The van der Waals surface area contributed by atoms with E-state index in [1.807, 2.05) is 19.1 Å². The molecule has 0 fully saturated rings. The van der Waals surface area contributed by atoms with E-state index in [4.69, 9.17) is 5.73 Å². The molecule has 1 atom stereocenters. The van der Waals surface area contributed by atoms with Crippen molar-refractivity contribution < 1.29 is 13.2 Å². The molecule has 0 spiro atoms. The zero-order valence-corrected chi connectivity index (χ0v) is 10.3. The van der Waals surface area contributed by atoms with Crippen molar-refractivity contribution in [2.75, 3.05) is 18.0 Å². The van der Waals surface area contributed by atoms with Crippen molar-refractivity contribution in [1.29, 1.82) is 0 Å². The van der Waals surface area contributed by atoms with Crippen molar-refractivity contribution >= 4 is 5.69 Å². The smallest absolute Gasteiger partial charge is 0.362 e. The number of benzene rings is 1. The van der Waals surface area contributed by atoms with E-state index in [0.29, 0.717) is 12.2 Å². The van der Waals surface area contributed by atoms with Gasteiger partial charge >= 0.3 is 6.18 Å². The fourth-order valence-electron chi connectivity index (χ4n) is 2.36. The van der Waals surface area contributed by atoms with Gasteiger partial charge in [-0.25, -0.2) is 0 Å². The average Bonchev–Trinajstić information content (AvgIpc) is 2.26. The van der Waals surface area contributed by atoms with Gasteiger partial charge in [-0.15, -0.1) is 0 Å². The molecule has 18 heavy (non-hydrogen) atoms. The summed E-state index contributed by atoms with van der Waals surface area (Å²) in [5.74, 6) is 0. The summed E-state index contributed by atoms with van der Waals surface area (Å²) in [5, 5.41) is 0. The van der Waals surface area contributed by atoms with E-state index >= 15 is 0 Å². The van der Waals surface area contributed by atoms with Crippen molar-refractivity contribution in [1.82, 2.24) is 0 Å². The number of alkyl halides is 3. The topological polar surface area (TPSA) is 29.3 Å². The average molecular weight is 258 g/mol. The predicted molar refractivity (Wildman–Crippen MR) is 65.6 cm³/mol. The Balaban J connectivity index is 2.27. The third kappa shape index (κ3) is 2.96. The molecule has 1 aliphatic heterocycles. The number of aryl methyl sites for hydroxylation is 1. The predicted octanol–water partition coefficient (Wildman–Crippen LogP) is 3.02. The van der Waals surface area contributed by atoms with Gasteiger partial charge in [0.1, 0.15) is 6.54 Å². The van der Waals surface area contributed by atoms with Crippen LogP contribution in [-0.2, 0) is 6.42 Å². The Kier molecular flexibility index (Phi) is 3.52. The van der Waals surface area contributed by atoms with E-state index < -0.39 is 12.7 Å². The van der Waals surface area contributed by atoms with Gasteiger partial charge in [0, 0.05) is 18.3 Å². The zero-order chi connectivity index (χ0) is 13.3. The molecule has 0 saturated heterocycles. The largest absolute Gasteiger partial charge is 0.405 e. The normalized spacial score (nSPS) is 17.5. The van der Waals surface area contributed by atoms with Crippen molar-refractivity contribution in [3.05, 3.63) is 29.3 Å². The molecule has 1 aromatic carbocycles.